The number of hydrogen-bond acceptors (Lipinski definition) is 3. The van der Waals surface area contributed by atoms with Crippen molar-refractivity contribution in [1.29, 1.82) is 0 Å². The first-order chi connectivity index (χ1) is 9.63. The van der Waals surface area contributed by atoms with E-state index in [2.05, 4.69) is 37.4 Å². The molecular weight excluding hydrogens is 264 g/mol. The van der Waals surface area contributed by atoms with E-state index in [1.807, 2.05) is 24.3 Å². The standard InChI is InChI=1S/C17H16N2S/c1-11-6-7-13(8-12(11)2)16-10-20-17(19-16)14-4-3-5-15(18)9-14/h3-10H,18H2,1-2H3. The number of thiazole rings is 1. The highest BCUT2D eigenvalue weighted by atomic mass is 32.1. The third kappa shape index (κ3) is 2.45. The fraction of sp³-hybridized carbons (Fsp3) is 0.118. The largest absolute Gasteiger partial charge is 0.399 e. The van der Waals surface area contributed by atoms with Crippen LogP contribution in [0.15, 0.2) is 47.8 Å². The molecule has 0 atom stereocenters. The molecule has 0 spiro atoms. The van der Waals surface area contributed by atoms with Crippen LogP contribution in [0.5, 0.6) is 0 Å². The first kappa shape index (κ1) is 12.9. The van der Waals surface area contributed by atoms with Gasteiger partial charge in [0.05, 0.1) is 5.69 Å². The maximum absolute atomic E-state index is 5.83. The van der Waals surface area contributed by atoms with Gasteiger partial charge >= 0.3 is 0 Å². The molecule has 1 heterocycles. The SMILES string of the molecule is Cc1ccc(-c2csc(-c3cccc(N)c3)n2)cc1C. The zero-order valence-corrected chi connectivity index (χ0v) is 12.4. The van der Waals surface area contributed by atoms with Crippen LogP contribution in [0.4, 0.5) is 5.69 Å². The smallest absolute Gasteiger partial charge is 0.124 e. The molecule has 2 N–H and O–H groups in total. The van der Waals surface area contributed by atoms with Gasteiger partial charge in [0, 0.05) is 22.2 Å². The minimum atomic E-state index is 0.769. The summed E-state index contributed by atoms with van der Waals surface area (Å²) < 4.78 is 0. The van der Waals surface area contributed by atoms with E-state index in [4.69, 9.17) is 10.7 Å². The zero-order valence-electron chi connectivity index (χ0n) is 11.6. The summed E-state index contributed by atoms with van der Waals surface area (Å²) in [5.74, 6) is 0. The van der Waals surface area contributed by atoms with Gasteiger partial charge in [-0.05, 0) is 43.2 Å². The van der Waals surface area contributed by atoms with Crippen LogP contribution in [0.25, 0.3) is 21.8 Å². The van der Waals surface area contributed by atoms with Crippen molar-refractivity contribution in [2.75, 3.05) is 5.73 Å². The Morgan fingerprint density at radius 3 is 2.55 bits per heavy atom. The highest BCUT2D eigenvalue weighted by molar-refractivity contribution is 7.13. The number of nitrogens with zero attached hydrogens (tertiary/aromatic N) is 1. The Balaban J connectivity index is 1.99. The second-order valence-corrected chi connectivity index (χ2v) is 5.82. The molecule has 2 nitrogen and oxygen atoms in total. The predicted octanol–water partition coefficient (Wildman–Crippen LogP) is 4.68. The quantitative estimate of drug-likeness (QED) is 0.692. The summed E-state index contributed by atoms with van der Waals surface area (Å²) in [4.78, 5) is 4.73. The van der Waals surface area contributed by atoms with Gasteiger partial charge in [-0.1, -0.05) is 24.3 Å². The number of nitrogen functional groups attached to an aromatic ring is 1. The van der Waals surface area contributed by atoms with E-state index in [9.17, 15) is 0 Å². The summed E-state index contributed by atoms with van der Waals surface area (Å²) in [5.41, 5.74) is 12.5. The van der Waals surface area contributed by atoms with Gasteiger partial charge in [-0.25, -0.2) is 4.98 Å². The molecule has 20 heavy (non-hydrogen) atoms. The lowest BCUT2D eigenvalue weighted by Crippen LogP contribution is -1.86. The fourth-order valence-corrected chi connectivity index (χ4v) is 2.94. The Labute approximate surface area is 122 Å². The number of rotatable bonds is 2. The molecule has 0 fully saturated rings. The minimum Gasteiger partial charge on any atom is -0.399 e. The van der Waals surface area contributed by atoms with Crippen molar-refractivity contribution in [1.82, 2.24) is 4.98 Å². The monoisotopic (exact) mass is 280 g/mol. The van der Waals surface area contributed by atoms with E-state index in [-0.39, 0.29) is 0 Å². The van der Waals surface area contributed by atoms with Gasteiger partial charge in [-0.2, -0.15) is 0 Å². The number of aryl methyl sites for hydroxylation is 2. The molecule has 0 aliphatic carbocycles. The van der Waals surface area contributed by atoms with E-state index in [1.165, 1.54) is 16.7 Å². The molecule has 0 aliphatic rings. The average molecular weight is 280 g/mol. The lowest BCUT2D eigenvalue weighted by molar-refractivity contribution is 1.32. The molecule has 2 aromatic carbocycles. The molecule has 100 valence electrons. The Hall–Kier alpha value is -2.13. The number of aromatic nitrogens is 1. The maximum Gasteiger partial charge on any atom is 0.124 e. The first-order valence-corrected chi connectivity index (χ1v) is 7.40. The molecule has 3 heteroatoms. The molecule has 0 bridgehead atoms. The van der Waals surface area contributed by atoms with Gasteiger partial charge < -0.3 is 5.73 Å². The van der Waals surface area contributed by atoms with Crippen molar-refractivity contribution >= 4 is 17.0 Å². The van der Waals surface area contributed by atoms with Crippen LogP contribution in [0.2, 0.25) is 0 Å². The fourth-order valence-electron chi connectivity index (χ4n) is 2.11. The molecular formula is C17H16N2S. The van der Waals surface area contributed by atoms with E-state index in [0.717, 1.165) is 22.0 Å². The van der Waals surface area contributed by atoms with Crippen LogP contribution in [0.1, 0.15) is 11.1 Å². The van der Waals surface area contributed by atoms with Crippen LogP contribution in [-0.2, 0) is 0 Å². The van der Waals surface area contributed by atoms with E-state index in [1.54, 1.807) is 11.3 Å². The van der Waals surface area contributed by atoms with Crippen LogP contribution in [-0.4, -0.2) is 4.98 Å². The third-order valence-electron chi connectivity index (χ3n) is 3.44. The van der Waals surface area contributed by atoms with Crippen molar-refractivity contribution in [3.05, 3.63) is 59.0 Å². The molecule has 3 aromatic rings. The summed E-state index contributed by atoms with van der Waals surface area (Å²) in [5, 5.41) is 3.10. The first-order valence-electron chi connectivity index (χ1n) is 6.52. The molecule has 0 radical (unpaired) electrons. The Bertz CT molecular complexity index is 759. The lowest BCUT2D eigenvalue weighted by atomic mass is 10.1. The summed E-state index contributed by atoms with van der Waals surface area (Å²) in [6.07, 6.45) is 0. The van der Waals surface area contributed by atoms with E-state index < -0.39 is 0 Å². The Morgan fingerprint density at radius 1 is 0.950 bits per heavy atom. The highest BCUT2D eigenvalue weighted by Gasteiger charge is 2.07. The van der Waals surface area contributed by atoms with Crippen molar-refractivity contribution in [2.24, 2.45) is 0 Å². The molecule has 0 amide bonds. The van der Waals surface area contributed by atoms with Crippen LogP contribution in [0.3, 0.4) is 0 Å². The minimum absolute atomic E-state index is 0.769. The van der Waals surface area contributed by atoms with Crippen LogP contribution >= 0.6 is 11.3 Å². The lowest BCUT2D eigenvalue weighted by Gasteiger charge is -2.02. The summed E-state index contributed by atoms with van der Waals surface area (Å²) >= 11 is 1.65. The third-order valence-corrected chi connectivity index (χ3v) is 4.33. The van der Waals surface area contributed by atoms with Crippen molar-refractivity contribution < 1.29 is 0 Å². The van der Waals surface area contributed by atoms with Crippen molar-refractivity contribution in [3.63, 3.8) is 0 Å². The number of nitrogens with two attached hydrogens (primary N) is 1. The number of hydrogen-bond donors (Lipinski definition) is 1. The molecule has 0 saturated heterocycles. The van der Waals surface area contributed by atoms with Crippen molar-refractivity contribution in [3.8, 4) is 21.8 Å². The second kappa shape index (κ2) is 5.10. The Morgan fingerprint density at radius 2 is 1.80 bits per heavy atom. The van der Waals surface area contributed by atoms with Gasteiger partial charge in [0.2, 0.25) is 0 Å². The van der Waals surface area contributed by atoms with Gasteiger partial charge in [0.1, 0.15) is 5.01 Å². The predicted molar refractivity (Wildman–Crippen MR) is 86.9 cm³/mol. The molecule has 1 aromatic heterocycles. The van der Waals surface area contributed by atoms with Crippen LogP contribution < -0.4 is 5.73 Å². The molecule has 0 aliphatic heterocycles. The second-order valence-electron chi connectivity index (χ2n) is 4.96. The maximum atomic E-state index is 5.83. The van der Waals surface area contributed by atoms with Crippen molar-refractivity contribution in [2.45, 2.75) is 13.8 Å². The zero-order chi connectivity index (χ0) is 14.1. The summed E-state index contributed by atoms with van der Waals surface area (Å²) in [6.45, 7) is 4.25. The average Bonchev–Trinajstić information content (AvgIpc) is 2.92. The van der Waals surface area contributed by atoms with Gasteiger partial charge in [-0.3, -0.25) is 0 Å². The summed E-state index contributed by atoms with van der Waals surface area (Å²) in [6, 6.07) is 14.3. The van der Waals surface area contributed by atoms with E-state index in [0.29, 0.717) is 0 Å². The van der Waals surface area contributed by atoms with Gasteiger partial charge in [0.15, 0.2) is 0 Å². The molecule has 0 saturated carbocycles. The number of anilines is 1. The highest BCUT2D eigenvalue weighted by Crippen LogP contribution is 2.30. The van der Waals surface area contributed by atoms with Gasteiger partial charge in [0.25, 0.3) is 0 Å². The summed E-state index contributed by atoms with van der Waals surface area (Å²) in [7, 11) is 0. The normalized spacial score (nSPS) is 10.7. The van der Waals surface area contributed by atoms with E-state index >= 15 is 0 Å². The molecule has 3 rings (SSSR count). The number of benzene rings is 2. The topological polar surface area (TPSA) is 38.9 Å². The van der Waals surface area contributed by atoms with Crippen LogP contribution in [0, 0.1) is 13.8 Å². The molecule has 0 unspecified atom stereocenters. The Kier molecular flexibility index (Phi) is 3.28. The van der Waals surface area contributed by atoms with Gasteiger partial charge in [-0.15, -0.1) is 11.3 Å².